The third-order valence-corrected chi connectivity index (χ3v) is 9.01. The maximum Gasteiger partial charge on any atom is 0.109 e. The van der Waals surface area contributed by atoms with Crippen LogP contribution in [0.15, 0.2) is 84.9 Å². The minimum Gasteiger partial charge on any atom is -0.0620 e. The Morgan fingerprint density at radius 3 is 1.65 bits per heavy atom. The van der Waals surface area contributed by atoms with Crippen molar-refractivity contribution in [3.05, 3.63) is 90.5 Å². The molecule has 0 saturated heterocycles. The minimum absolute atomic E-state index is 0.776. The molecule has 0 amide bonds. The zero-order valence-corrected chi connectivity index (χ0v) is 14.4. The summed E-state index contributed by atoms with van der Waals surface area (Å²) >= 11 is 0. The lowest BCUT2D eigenvalue weighted by atomic mass is 10.1. The Balaban J connectivity index is 1.97. The molecule has 1 saturated carbocycles. The van der Waals surface area contributed by atoms with E-state index in [0.29, 0.717) is 0 Å². The molecule has 1 aliphatic carbocycles. The number of benzene rings is 3. The van der Waals surface area contributed by atoms with Gasteiger partial charge in [0.15, 0.2) is 0 Å². The topological polar surface area (TPSA) is 0 Å². The zero-order chi connectivity index (χ0) is 15.7. The van der Waals surface area contributed by atoms with Crippen molar-refractivity contribution in [1.29, 1.82) is 0 Å². The van der Waals surface area contributed by atoms with Gasteiger partial charge in [-0.3, -0.25) is 0 Å². The monoisotopic (exact) mass is 317 g/mol. The van der Waals surface area contributed by atoms with Crippen LogP contribution in [0.25, 0.3) is 0 Å². The molecule has 0 heterocycles. The quantitative estimate of drug-likeness (QED) is 0.622. The second kappa shape index (κ2) is 5.95. The van der Waals surface area contributed by atoms with Gasteiger partial charge in [-0.2, -0.15) is 0 Å². The smallest absolute Gasteiger partial charge is 0.0620 e. The van der Waals surface area contributed by atoms with Crippen molar-refractivity contribution in [1.82, 2.24) is 0 Å². The molecule has 1 aliphatic rings. The van der Waals surface area contributed by atoms with E-state index in [0.717, 1.165) is 5.92 Å². The van der Waals surface area contributed by atoms with E-state index in [9.17, 15) is 0 Å². The molecule has 1 heteroatoms. The number of hydrogen-bond donors (Lipinski definition) is 0. The van der Waals surface area contributed by atoms with Crippen LogP contribution >= 0.6 is 7.26 Å². The van der Waals surface area contributed by atoms with E-state index in [1.54, 1.807) is 10.9 Å². The van der Waals surface area contributed by atoms with Gasteiger partial charge < -0.3 is 0 Å². The minimum atomic E-state index is -1.58. The van der Waals surface area contributed by atoms with Crippen molar-refractivity contribution < 1.29 is 0 Å². The normalized spacial score (nSPS) is 14.7. The Bertz CT molecular complexity index is 749. The van der Waals surface area contributed by atoms with Crippen molar-refractivity contribution >= 4 is 23.2 Å². The molecule has 3 aromatic carbocycles. The fourth-order valence-corrected chi connectivity index (χ4v) is 7.06. The van der Waals surface area contributed by atoms with Crippen LogP contribution in [0.2, 0.25) is 0 Å². The van der Waals surface area contributed by atoms with Crippen LogP contribution in [0.5, 0.6) is 0 Å². The summed E-state index contributed by atoms with van der Waals surface area (Å²) in [7, 11) is -1.58. The molecule has 0 atom stereocenters. The lowest BCUT2D eigenvalue weighted by molar-refractivity contribution is 1.15. The summed E-state index contributed by atoms with van der Waals surface area (Å²) in [6.45, 7) is 2.48. The average molecular weight is 317 g/mol. The number of rotatable bonds is 4. The lowest BCUT2D eigenvalue weighted by Crippen LogP contribution is -2.32. The summed E-state index contributed by atoms with van der Waals surface area (Å²) in [5.74, 6) is 0.776. The Morgan fingerprint density at radius 1 is 0.652 bits per heavy atom. The fraction of sp³-hybridized carbons (Fsp3) is 0.182. The highest BCUT2D eigenvalue weighted by Crippen LogP contribution is 2.54. The van der Waals surface area contributed by atoms with Crippen LogP contribution in [0.3, 0.4) is 0 Å². The first kappa shape index (κ1) is 14.7. The molecule has 3 aromatic rings. The Kier molecular flexibility index (Phi) is 3.79. The highest BCUT2D eigenvalue weighted by molar-refractivity contribution is 7.95. The van der Waals surface area contributed by atoms with Crippen LogP contribution < -0.4 is 15.9 Å². The molecular formula is C22H22P+. The predicted molar refractivity (Wildman–Crippen MR) is 103 cm³/mol. The largest absolute Gasteiger partial charge is 0.109 e. The number of hydrogen-bond acceptors (Lipinski definition) is 0. The Hall–Kier alpha value is -1.91. The highest BCUT2D eigenvalue weighted by Gasteiger charge is 2.43. The van der Waals surface area contributed by atoms with Gasteiger partial charge in [0.25, 0.3) is 0 Å². The van der Waals surface area contributed by atoms with Crippen molar-refractivity contribution in [2.75, 3.05) is 6.66 Å². The second-order valence-corrected chi connectivity index (χ2v) is 10.0. The molecule has 23 heavy (non-hydrogen) atoms. The standard InChI is InChI=1S/C22H22P/c1-23(19-10-4-2-5-11-19,20-12-6-3-7-13-20)22-15-9-8-14-21(22)18-16-17-18/h2-15,18H,16-17H2,1H3/q+1. The zero-order valence-electron chi connectivity index (χ0n) is 13.5. The first-order valence-electron chi connectivity index (χ1n) is 8.37. The van der Waals surface area contributed by atoms with E-state index < -0.39 is 7.26 Å². The van der Waals surface area contributed by atoms with E-state index in [4.69, 9.17) is 0 Å². The maximum atomic E-state index is 2.48. The third-order valence-electron chi connectivity index (χ3n) is 4.98. The van der Waals surface area contributed by atoms with Gasteiger partial charge in [0.2, 0.25) is 0 Å². The van der Waals surface area contributed by atoms with Crippen molar-refractivity contribution in [2.45, 2.75) is 18.8 Å². The van der Waals surface area contributed by atoms with Gasteiger partial charge in [-0.15, -0.1) is 0 Å². The second-order valence-electron chi connectivity index (χ2n) is 6.51. The molecule has 0 aliphatic heterocycles. The SMILES string of the molecule is C[P+](c1ccccc1)(c1ccccc1)c1ccccc1C1CC1. The van der Waals surface area contributed by atoms with Gasteiger partial charge in [-0.1, -0.05) is 54.6 Å². The third kappa shape index (κ3) is 2.62. The molecule has 114 valence electrons. The van der Waals surface area contributed by atoms with Gasteiger partial charge >= 0.3 is 0 Å². The van der Waals surface area contributed by atoms with Crippen molar-refractivity contribution in [2.24, 2.45) is 0 Å². The van der Waals surface area contributed by atoms with Crippen LogP contribution in [0.1, 0.15) is 24.3 Å². The maximum absolute atomic E-state index is 2.48. The first-order chi connectivity index (χ1) is 11.3. The average Bonchev–Trinajstić information content (AvgIpc) is 3.48. The Labute approximate surface area is 139 Å². The van der Waals surface area contributed by atoms with Crippen molar-refractivity contribution in [3.8, 4) is 0 Å². The molecular weight excluding hydrogens is 295 g/mol. The Morgan fingerprint density at radius 2 is 1.13 bits per heavy atom. The summed E-state index contributed by atoms with van der Waals surface area (Å²) in [4.78, 5) is 0. The molecule has 0 aromatic heterocycles. The summed E-state index contributed by atoms with van der Waals surface area (Å²) in [5, 5.41) is 4.51. The van der Waals surface area contributed by atoms with Crippen LogP contribution in [-0.4, -0.2) is 6.66 Å². The van der Waals surface area contributed by atoms with Crippen LogP contribution in [-0.2, 0) is 0 Å². The molecule has 0 bridgehead atoms. The summed E-state index contributed by atoms with van der Waals surface area (Å²) in [5.41, 5.74) is 1.58. The highest BCUT2D eigenvalue weighted by atomic mass is 31.2. The van der Waals surface area contributed by atoms with Crippen LogP contribution in [0, 0.1) is 0 Å². The summed E-state index contributed by atoms with van der Waals surface area (Å²) in [6, 6.07) is 31.3. The van der Waals surface area contributed by atoms with Gasteiger partial charge in [-0.05, 0) is 54.7 Å². The van der Waals surface area contributed by atoms with E-state index in [1.807, 2.05) is 0 Å². The fourth-order valence-electron chi connectivity index (χ4n) is 3.51. The molecule has 0 N–H and O–H groups in total. The first-order valence-corrected chi connectivity index (χ1v) is 10.6. The summed E-state index contributed by atoms with van der Waals surface area (Å²) in [6.07, 6.45) is 2.70. The van der Waals surface area contributed by atoms with Gasteiger partial charge in [0.1, 0.15) is 23.2 Å². The van der Waals surface area contributed by atoms with E-state index in [-0.39, 0.29) is 0 Å². The van der Waals surface area contributed by atoms with Crippen LogP contribution in [0.4, 0.5) is 0 Å². The molecule has 0 unspecified atom stereocenters. The van der Waals surface area contributed by atoms with Gasteiger partial charge in [0, 0.05) is 0 Å². The van der Waals surface area contributed by atoms with Gasteiger partial charge in [-0.25, -0.2) is 0 Å². The molecule has 0 nitrogen and oxygen atoms in total. The molecule has 4 rings (SSSR count). The lowest BCUT2D eigenvalue weighted by Gasteiger charge is -2.25. The molecule has 0 spiro atoms. The predicted octanol–water partition coefficient (Wildman–Crippen LogP) is 4.49. The van der Waals surface area contributed by atoms with E-state index >= 15 is 0 Å². The van der Waals surface area contributed by atoms with Gasteiger partial charge in [0.05, 0.1) is 6.66 Å². The molecule has 0 radical (unpaired) electrons. The van der Waals surface area contributed by atoms with Crippen molar-refractivity contribution in [3.63, 3.8) is 0 Å². The van der Waals surface area contributed by atoms with E-state index in [2.05, 4.69) is 91.6 Å². The van der Waals surface area contributed by atoms with E-state index in [1.165, 1.54) is 23.5 Å². The summed E-state index contributed by atoms with van der Waals surface area (Å²) < 4.78 is 0. The molecule has 1 fully saturated rings.